The minimum atomic E-state index is -0.0316. The summed E-state index contributed by atoms with van der Waals surface area (Å²) in [6, 6.07) is 13.6. The van der Waals surface area contributed by atoms with Gasteiger partial charge in [-0.1, -0.05) is 18.2 Å². The molecule has 2 heterocycles. The van der Waals surface area contributed by atoms with Crippen molar-refractivity contribution in [3.05, 3.63) is 72.8 Å². The Bertz CT molecular complexity index is 771. The molecule has 6 heteroatoms. The molecular formula is C18H19N5O. The SMILES string of the molecule is O=C(CCNCc1ccccc1-n1cccn1)Nc1cccnc1. The predicted octanol–water partition coefficient (Wildman–Crippen LogP) is 2.39. The van der Waals surface area contributed by atoms with E-state index in [1.165, 1.54) is 0 Å². The van der Waals surface area contributed by atoms with Crippen molar-refractivity contribution in [2.75, 3.05) is 11.9 Å². The molecular weight excluding hydrogens is 302 g/mol. The highest BCUT2D eigenvalue weighted by Gasteiger charge is 2.05. The van der Waals surface area contributed by atoms with E-state index in [1.807, 2.05) is 41.2 Å². The number of anilines is 1. The fraction of sp³-hybridized carbons (Fsp3) is 0.167. The maximum Gasteiger partial charge on any atom is 0.225 e. The molecule has 0 aliphatic carbocycles. The quantitative estimate of drug-likeness (QED) is 0.656. The first-order chi connectivity index (χ1) is 11.8. The van der Waals surface area contributed by atoms with Gasteiger partial charge in [0.25, 0.3) is 0 Å². The summed E-state index contributed by atoms with van der Waals surface area (Å²) in [4.78, 5) is 15.9. The molecule has 1 aromatic carbocycles. The summed E-state index contributed by atoms with van der Waals surface area (Å²) in [6.07, 6.45) is 7.38. The molecule has 3 rings (SSSR count). The lowest BCUT2D eigenvalue weighted by Gasteiger charge is -2.10. The van der Waals surface area contributed by atoms with E-state index in [0.717, 1.165) is 11.3 Å². The van der Waals surface area contributed by atoms with Crippen LogP contribution in [0.4, 0.5) is 5.69 Å². The minimum Gasteiger partial charge on any atom is -0.325 e. The average molecular weight is 321 g/mol. The van der Waals surface area contributed by atoms with Gasteiger partial charge >= 0.3 is 0 Å². The number of rotatable bonds is 7. The Morgan fingerprint density at radius 1 is 1.08 bits per heavy atom. The number of benzene rings is 1. The fourth-order valence-electron chi connectivity index (χ4n) is 2.38. The zero-order valence-electron chi connectivity index (χ0n) is 13.2. The Kier molecular flexibility index (Phi) is 5.32. The second-order valence-electron chi connectivity index (χ2n) is 5.30. The maximum atomic E-state index is 11.9. The van der Waals surface area contributed by atoms with Crippen molar-refractivity contribution in [3.8, 4) is 5.69 Å². The molecule has 0 unspecified atom stereocenters. The van der Waals surface area contributed by atoms with Gasteiger partial charge in [0.1, 0.15) is 0 Å². The summed E-state index contributed by atoms with van der Waals surface area (Å²) >= 11 is 0. The lowest BCUT2D eigenvalue weighted by molar-refractivity contribution is -0.116. The highest BCUT2D eigenvalue weighted by Crippen LogP contribution is 2.13. The highest BCUT2D eigenvalue weighted by atomic mass is 16.1. The van der Waals surface area contributed by atoms with Gasteiger partial charge in [-0.25, -0.2) is 4.68 Å². The molecule has 2 N–H and O–H groups in total. The smallest absolute Gasteiger partial charge is 0.225 e. The van der Waals surface area contributed by atoms with E-state index in [1.54, 1.807) is 24.7 Å². The van der Waals surface area contributed by atoms with Crippen LogP contribution >= 0.6 is 0 Å². The maximum absolute atomic E-state index is 11.9. The van der Waals surface area contributed by atoms with Crippen molar-refractivity contribution in [3.63, 3.8) is 0 Å². The monoisotopic (exact) mass is 321 g/mol. The largest absolute Gasteiger partial charge is 0.325 e. The van der Waals surface area contributed by atoms with Crippen molar-refractivity contribution in [2.24, 2.45) is 0 Å². The number of carbonyl (C=O) groups excluding carboxylic acids is 1. The molecule has 3 aromatic rings. The third-order valence-electron chi connectivity index (χ3n) is 3.53. The normalized spacial score (nSPS) is 10.5. The summed E-state index contributed by atoms with van der Waals surface area (Å²) in [6.45, 7) is 1.27. The third-order valence-corrected chi connectivity index (χ3v) is 3.53. The van der Waals surface area contributed by atoms with Crippen molar-refractivity contribution in [2.45, 2.75) is 13.0 Å². The van der Waals surface area contributed by atoms with E-state index in [0.29, 0.717) is 25.2 Å². The molecule has 0 aliphatic heterocycles. The van der Waals surface area contributed by atoms with Crippen LogP contribution in [-0.4, -0.2) is 27.2 Å². The molecule has 1 amide bonds. The molecule has 0 bridgehead atoms. The summed E-state index contributed by atoms with van der Waals surface area (Å²) in [7, 11) is 0. The summed E-state index contributed by atoms with van der Waals surface area (Å²) in [5, 5.41) is 10.4. The van der Waals surface area contributed by atoms with E-state index in [4.69, 9.17) is 0 Å². The lowest BCUT2D eigenvalue weighted by atomic mass is 10.1. The Morgan fingerprint density at radius 3 is 2.79 bits per heavy atom. The van der Waals surface area contributed by atoms with E-state index in [2.05, 4.69) is 26.8 Å². The van der Waals surface area contributed by atoms with Gasteiger partial charge in [-0.3, -0.25) is 9.78 Å². The van der Waals surface area contributed by atoms with Crippen molar-refractivity contribution in [1.29, 1.82) is 0 Å². The first-order valence-corrected chi connectivity index (χ1v) is 7.81. The molecule has 2 aromatic heterocycles. The van der Waals surface area contributed by atoms with Crippen LogP contribution in [0.25, 0.3) is 5.69 Å². The molecule has 0 aliphatic rings. The molecule has 0 saturated heterocycles. The van der Waals surface area contributed by atoms with Crippen molar-refractivity contribution < 1.29 is 4.79 Å². The van der Waals surface area contributed by atoms with Gasteiger partial charge in [-0.05, 0) is 29.8 Å². The van der Waals surface area contributed by atoms with E-state index >= 15 is 0 Å². The molecule has 0 atom stereocenters. The van der Waals surface area contributed by atoms with E-state index in [-0.39, 0.29) is 5.91 Å². The molecule has 0 fully saturated rings. The summed E-state index contributed by atoms with van der Waals surface area (Å²) in [5.74, 6) is -0.0316. The second-order valence-corrected chi connectivity index (χ2v) is 5.30. The molecule has 24 heavy (non-hydrogen) atoms. The zero-order valence-corrected chi connectivity index (χ0v) is 13.2. The topological polar surface area (TPSA) is 71.8 Å². The standard InChI is InChI=1S/C18H19N5O/c24-18(22-16-6-3-9-19-14-16)8-11-20-13-15-5-1-2-7-17(15)23-12-4-10-21-23/h1-7,9-10,12,14,20H,8,11,13H2,(H,22,24). The fourth-order valence-corrected chi connectivity index (χ4v) is 2.38. The summed E-state index contributed by atoms with van der Waals surface area (Å²) in [5.41, 5.74) is 2.88. The van der Waals surface area contributed by atoms with Crippen molar-refractivity contribution in [1.82, 2.24) is 20.1 Å². The number of amides is 1. The number of nitrogens with zero attached hydrogens (tertiary/aromatic N) is 3. The number of pyridine rings is 1. The van der Waals surface area contributed by atoms with Gasteiger partial charge in [0.2, 0.25) is 5.91 Å². The van der Waals surface area contributed by atoms with Crippen LogP contribution in [0.5, 0.6) is 0 Å². The molecule has 0 saturated carbocycles. The summed E-state index contributed by atoms with van der Waals surface area (Å²) < 4.78 is 1.84. The van der Waals surface area contributed by atoms with Crippen LogP contribution in [0.15, 0.2) is 67.3 Å². The third kappa shape index (κ3) is 4.27. The Labute approximate surface area is 140 Å². The van der Waals surface area contributed by atoms with E-state index < -0.39 is 0 Å². The average Bonchev–Trinajstić information content (AvgIpc) is 3.14. The molecule has 122 valence electrons. The first-order valence-electron chi connectivity index (χ1n) is 7.81. The van der Waals surface area contributed by atoms with Gasteiger partial charge < -0.3 is 10.6 Å². The second kappa shape index (κ2) is 8.03. The Morgan fingerprint density at radius 2 is 2.00 bits per heavy atom. The van der Waals surface area contributed by atoms with E-state index in [9.17, 15) is 4.79 Å². The number of hydrogen-bond donors (Lipinski definition) is 2. The van der Waals surface area contributed by atoms with Gasteiger partial charge in [0, 0.05) is 38.1 Å². The number of nitrogens with one attached hydrogen (secondary N) is 2. The van der Waals surface area contributed by atoms with Gasteiger partial charge in [-0.2, -0.15) is 5.10 Å². The van der Waals surface area contributed by atoms with Crippen LogP contribution in [0.2, 0.25) is 0 Å². The van der Waals surface area contributed by atoms with Gasteiger partial charge in [0.15, 0.2) is 0 Å². The van der Waals surface area contributed by atoms with Crippen LogP contribution in [0.1, 0.15) is 12.0 Å². The highest BCUT2D eigenvalue weighted by molar-refractivity contribution is 5.90. The van der Waals surface area contributed by atoms with Crippen LogP contribution in [0.3, 0.4) is 0 Å². The number of hydrogen-bond acceptors (Lipinski definition) is 4. The number of carbonyl (C=O) groups is 1. The molecule has 0 radical (unpaired) electrons. The van der Waals surface area contributed by atoms with Crippen molar-refractivity contribution >= 4 is 11.6 Å². The molecule has 0 spiro atoms. The Balaban J connectivity index is 1.48. The molecule has 6 nitrogen and oxygen atoms in total. The van der Waals surface area contributed by atoms with Gasteiger partial charge in [0.05, 0.1) is 17.6 Å². The Hall–Kier alpha value is -2.99. The predicted molar refractivity (Wildman–Crippen MR) is 92.8 cm³/mol. The van der Waals surface area contributed by atoms with Gasteiger partial charge in [-0.15, -0.1) is 0 Å². The zero-order chi connectivity index (χ0) is 16.6. The van der Waals surface area contributed by atoms with Crippen LogP contribution in [-0.2, 0) is 11.3 Å². The number of para-hydroxylation sites is 1. The number of aromatic nitrogens is 3. The minimum absolute atomic E-state index is 0.0316. The first kappa shape index (κ1) is 15.9. The lowest BCUT2D eigenvalue weighted by Crippen LogP contribution is -2.22. The van der Waals surface area contributed by atoms with Crippen LogP contribution < -0.4 is 10.6 Å². The van der Waals surface area contributed by atoms with Crippen LogP contribution in [0, 0.1) is 0 Å².